The van der Waals surface area contributed by atoms with Crippen LogP contribution in [0.1, 0.15) is 36.6 Å². The average Bonchev–Trinajstić information content (AvgIpc) is 2.88. The third kappa shape index (κ3) is 6.58. The minimum atomic E-state index is -4.93. The molecule has 216 valence electrons. The van der Waals surface area contributed by atoms with E-state index >= 15 is 4.39 Å². The van der Waals surface area contributed by atoms with Gasteiger partial charge in [-0.1, -0.05) is 18.2 Å². The van der Waals surface area contributed by atoms with Crippen molar-refractivity contribution in [2.75, 3.05) is 13.7 Å². The SMILES string of the molecule is COc1cccc(-c2c(C)n(Cc3c(F)cccc3C(F)(F)F)c(=O)n(C[C@H](C)NCCCC(=O)O)c2=O)c1F. The zero-order chi connectivity index (χ0) is 29.8. The number of nitrogens with zero attached hydrogens (tertiary/aromatic N) is 2. The Labute approximate surface area is 225 Å². The lowest BCUT2D eigenvalue weighted by molar-refractivity contribution is -0.138. The van der Waals surface area contributed by atoms with E-state index in [-0.39, 0.29) is 48.5 Å². The van der Waals surface area contributed by atoms with Crippen LogP contribution in [0.3, 0.4) is 0 Å². The third-order valence-electron chi connectivity index (χ3n) is 6.40. The Bertz CT molecular complexity index is 1510. The van der Waals surface area contributed by atoms with Crippen molar-refractivity contribution in [3.8, 4) is 16.9 Å². The first-order chi connectivity index (χ1) is 18.8. The molecule has 0 spiro atoms. The summed E-state index contributed by atoms with van der Waals surface area (Å²) in [6, 6.07) is 5.80. The van der Waals surface area contributed by atoms with Gasteiger partial charge < -0.3 is 15.2 Å². The number of carboxylic acids is 1. The van der Waals surface area contributed by atoms with Gasteiger partial charge in [0.15, 0.2) is 11.6 Å². The Morgan fingerprint density at radius 1 is 1.10 bits per heavy atom. The summed E-state index contributed by atoms with van der Waals surface area (Å²) in [5.41, 5.74) is -4.77. The lowest BCUT2D eigenvalue weighted by Gasteiger charge is -2.22. The molecule has 0 saturated carbocycles. The van der Waals surface area contributed by atoms with Crippen LogP contribution in [0.2, 0.25) is 0 Å². The van der Waals surface area contributed by atoms with Gasteiger partial charge in [0.2, 0.25) is 0 Å². The van der Waals surface area contributed by atoms with Crippen molar-refractivity contribution in [2.24, 2.45) is 0 Å². The van der Waals surface area contributed by atoms with E-state index in [0.29, 0.717) is 6.07 Å². The molecule has 0 fully saturated rings. The van der Waals surface area contributed by atoms with Crippen LogP contribution < -0.4 is 21.3 Å². The molecule has 0 radical (unpaired) electrons. The molecule has 1 heterocycles. The molecule has 0 unspecified atom stereocenters. The van der Waals surface area contributed by atoms with E-state index in [1.54, 1.807) is 6.92 Å². The number of aromatic nitrogens is 2. The molecular weight excluding hydrogens is 541 g/mol. The van der Waals surface area contributed by atoms with Crippen LogP contribution in [0.4, 0.5) is 22.0 Å². The van der Waals surface area contributed by atoms with Gasteiger partial charge in [-0.15, -0.1) is 0 Å². The van der Waals surface area contributed by atoms with E-state index in [0.717, 1.165) is 21.3 Å². The number of rotatable bonds is 11. The van der Waals surface area contributed by atoms with E-state index in [2.05, 4.69) is 5.32 Å². The Hall–Kier alpha value is -4.00. The first-order valence-corrected chi connectivity index (χ1v) is 12.2. The number of methoxy groups -OCH3 is 1. The lowest BCUT2D eigenvalue weighted by Crippen LogP contribution is -2.46. The van der Waals surface area contributed by atoms with Crippen molar-refractivity contribution in [2.45, 2.75) is 52.0 Å². The summed E-state index contributed by atoms with van der Waals surface area (Å²) in [6.07, 6.45) is -4.78. The molecule has 13 heteroatoms. The molecule has 0 aliphatic carbocycles. The van der Waals surface area contributed by atoms with Crippen LogP contribution in [0.5, 0.6) is 5.75 Å². The Kier molecular flexibility index (Phi) is 9.51. The zero-order valence-electron chi connectivity index (χ0n) is 21.9. The highest BCUT2D eigenvalue weighted by atomic mass is 19.4. The Morgan fingerprint density at radius 3 is 2.40 bits per heavy atom. The van der Waals surface area contributed by atoms with Gasteiger partial charge in [0.05, 0.1) is 24.8 Å². The van der Waals surface area contributed by atoms with Gasteiger partial charge in [-0.05, 0) is 45.0 Å². The van der Waals surface area contributed by atoms with E-state index in [9.17, 15) is 31.9 Å². The van der Waals surface area contributed by atoms with Crippen LogP contribution in [-0.2, 0) is 24.1 Å². The zero-order valence-corrected chi connectivity index (χ0v) is 21.9. The molecule has 40 heavy (non-hydrogen) atoms. The van der Waals surface area contributed by atoms with E-state index in [1.165, 1.54) is 32.2 Å². The van der Waals surface area contributed by atoms with Crippen molar-refractivity contribution in [3.05, 3.63) is 85.7 Å². The normalized spacial score (nSPS) is 12.4. The molecule has 1 aromatic heterocycles. The number of carboxylic acid groups (broad SMARTS) is 1. The number of hydrogen-bond donors (Lipinski definition) is 2. The number of alkyl halides is 3. The van der Waals surface area contributed by atoms with Crippen molar-refractivity contribution >= 4 is 5.97 Å². The minimum Gasteiger partial charge on any atom is -0.494 e. The molecule has 0 amide bonds. The average molecular weight is 570 g/mol. The number of benzene rings is 2. The summed E-state index contributed by atoms with van der Waals surface area (Å²) in [4.78, 5) is 37.9. The van der Waals surface area contributed by atoms with Crippen molar-refractivity contribution < 1.29 is 36.6 Å². The molecule has 0 aliphatic heterocycles. The van der Waals surface area contributed by atoms with E-state index in [4.69, 9.17) is 9.84 Å². The fraction of sp³-hybridized carbons (Fsp3) is 0.370. The number of ether oxygens (including phenoxy) is 1. The summed E-state index contributed by atoms with van der Waals surface area (Å²) in [6.45, 7) is 1.95. The highest BCUT2D eigenvalue weighted by molar-refractivity contribution is 5.67. The highest BCUT2D eigenvalue weighted by Gasteiger charge is 2.35. The van der Waals surface area contributed by atoms with Crippen LogP contribution >= 0.6 is 0 Å². The number of hydrogen-bond acceptors (Lipinski definition) is 5. The minimum absolute atomic E-state index is 0.111. The van der Waals surface area contributed by atoms with Gasteiger partial charge in [-0.3, -0.25) is 18.7 Å². The second-order valence-electron chi connectivity index (χ2n) is 9.18. The fourth-order valence-electron chi connectivity index (χ4n) is 4.39. The lowest BCUT2D eigenvalue weighted by atomic mass is 10.0. The second kappa shape index (κ2) is 12.5. The molecule has 2 aromatic carbocycles. The maximum atomic E-state index is 15.3. The standard InChI is InChI=1S/C27H28F5N3O5/c1-15(33-12-6-11-22(36)37)13-35-25(38)23(17-7-4-10-21(40-3)24(17)29)16(2)34(26(35)39)14-18-19(27(30,31)32)8-5-9-20(18)28/h4-5,7-10,15,33H,6,11-14H2,1-3H3,(H,36,37)/t15-/m0/s1. The van der Waals surface area contributed by atoms with Crippen LogP contribution in [0.25, 0.3) is 11.1 Å². The molecule has 3 aromatic rings. The molecule has 8 nitrogen and oxygen atoms in total. The first kappa shape index (κ1) is 30.5. The second-order valence-corrected chi connectivity index (χ2v) is 9.18. The third-order valence-corrected chi connectivity index (χ3v) is 6.40. The first-order valence-electron chi connectivity index (χ1n) is 12.2. The summed E-state index contributed by atoms with van der Waals surface area (Å²) in [5.74, 6) is -3.34. The smallest absolute Gasteiger partial charge is 0.416 e. The van der Waals surface area contributed by atoms with Crippen molar-refractivity contribution in [3.63, 3.8) is 0 Å². The van der Waals surface area contributed by atoms with Crippen molar-refractivity contribution in [1.29, 1.82) is 0 Å². The van der Waals surface area contributed by atoms with Gasteiger partial charge in [-0.2, -0.15) is 13.2 Å². The predicted octanol–water partition coefficient (Wildman–Crippen LogP) is 4.18. The highest BCUT2D eigenvalue weighted by Crippen LogP contribution is 2.34. The van der Waals surface area contributed by atoms with E-state index < -0.39 is 58.7 Å². The topological polar surface area (TPSA) is 103 Å². The van der Waals surface area contributed by atoms with Gasteiger partial charge >= 0.3 is 17.8 Å². The van der Waals surface area contributed by atoms with Crippen molar-refractivity contribution in [1.82, 2.24) is 14.5 Å². The maximum absolute atomic E-state index is 15.3. The van der Waals surface area contributed by atoms with Gasteiger partial charge in [-0.25, -0.2) is 13.6 Å². The number of carbonyl (C=O) groups is 1. The molecule has 1 atom stereocenters. The fourth-order valence-corrected chi connectivity index (χ4v) is 4.39. The van der Waals surface area contributed by atoms with Crippen LogP contribution in [-0.4, -0.2) is 39.9 Å². The number of halogens is 5. The molecule has 0 aliphatic rings. The van der Waals surface area contributed by atoms with Gasteiger partial charge in [0.1, 0.15) is 5.82 Å². The molecule has 0 saturated heterocycles. The molecular formula is C27H28F5N3O5. The summed E-state index contributed by atoms with van der Waals surface area (Å²) >= 11 is 0. The predicted molar refractivity (Wildman–Crippen MR) is 136 cm³/mol. The molecule has 3 rings (SSSR count). The quantitative estimate of drug-likeness (QED) is 0.265. The summed E-state index contributed by atoms with van der Waals surface area (Å²) in [5, 5.41) is 11.8. The largest absolute Gasteiger partial charge is 0.494 e. The molecule has 0 bridgehead atoms. The van der Waals surface area contributed by atoms with Gasteiger partial charge in [0, 0.05) is 35.8 Å². The Balaban J connectivity index is 2.22. The summed E-state index contributed by atoms with van der Waals surface area (Å²) in [7, 11) is 1.21. The number of nitrogens with one attached hydrogen (secondary N) is 1. The van der Waals surface area contributed by atoms with E-state index in [1.807, 2.05) is 0 Å². The number of aliphatic carboxylic acids is 1. The van der Waals surface area contributed by atoms with Gasteiger partial charge in [0.25, 0.3) is 5.56 Å². The Morgan fingerprint density at radius 2 is 1.77 bits per heavy atom. The monoisotopic (exact) mass is 569 g/mol. The molecule has 2 N–H and O–H groups in total. The van der Waals surface area contributed by atoms with Crippen LogP contribution in [0.15, 0.2) is 46.0 Å². The maximum Gasteiger partial charge on any atom is 0.416 e. The van der Waals surface area contributed by atoms with Crippen LogP contribution in [0, 0.1) is 18.6 Å². The summed E-state index contributed by atoms with van der Waals surface area (Å²) < 4.78 is 77.7.